The molecule has 8 heteroatoms. The monoisotopic (exact) mass is 285 g/mol. The molecule has 1 amide bonds. The molecule has 1 saturated heterocycles. The van der Waals surface area contributed by atoms with Gasteiger partial charge in [0.2, 0.25) is 15.9 Å². The fourth-order valence-corrected chi connectivity index (χ4v) is 3.22. The second kappa shape index (κ2) is 6.53. The van der Waals surface area contributed by atoms with Crippen LogP contribution >= 0.6 is 12.4 Å². The summed E-state index contributed by atoms with van der Waals surface area (Å²) in [4.78, 5) is 13.1. The Morgan fingerprint density at radius 3 is 2.65 bits per heavy atom. The molecule has 1 aliphatic heterocycles. The molecule has 0 bridgehead atoms. The number of hydrogen-bond donors (Lipinski definition) is 2. The molecule has 0 aromatic heterocycles. The van der Waals surface area contributed by atoms with E-state index < -0.39 is 21.3 Å². The summed E-state index contributed by atoms with van der Waals surface area (Å²) in [7, 11) is -3.29. The molecule has 3 N–H and O–H groups in total. The quantitative estimate of drug-likeness (QED) is 0.714. The number of nitrogens with one attached hydrogen (secondary N) is 1. The van der Waals surface area contributed by atoms with E-state index in [1.165, 1.54) is 4.90 Å². The number of amides is 1. The Morgan fingerprint density at radius 2 is 2.18 bits per heavy atom. The molecule has 0 aromatic carbocycles. The van der Waals surface area contributed by atoms with Crippen LogP contribution in [0.25, 0.3) is 0 Å². The van der Waals surface area contributed by atoms with Gasteiger partial charge in [-0.05, 0) is 13.3 Å². The Balaban J connectivity index is 0.00000256. The first-order valence-electron chi connectivity index (χ1n) is 5.41. The summed E-state index contributed by atoms with van der Waals surface area (Å²) in [5.41, 5.74) is 5.47. The minimum Gasteiger partial charge on any atom is -0.340 e. The summed E-state index contributed by atoms with van der Waals surface area (Å²) >= 11 is 0. The number of sulfonamides is 1. The van der Waals surface area contributed by atoms with Crippen molar-refractivity contribution in [2.24, 2.45) is 5.73 Å². The number of likely N-dealkylation sites (tertiary alicyclic amines) is 1. The smallest absolute Gasteiger partial charge is 0.239 e. The second-order valence-electron chi connectivity index (χ2n) is 4.03. The number of hydrogen-bond acceptors (Lipinski definition) is 4. The second-order valence-corrected chi connectivity index (χ2v) is 6.07. The van der Waals surface area contributed by atoms with Crippen molar-refractivity contribution >= 4 is 28.3 Å². The van der Waals surface area contributed by atoms with Gasteiger partial charge >= 0.3 is 0 Å². The molecule has 1 unspecified atom stereocenters. The van der Waals surface area contributed by atoms with Crippen molar-refractivity contribution in [1.29, 1.82) is 0 Å². The van der Waals surface area contributed by atoms with Crippen LogP contribution in [0.4, 0.5) is 0 Å². The van der Waals surface area contributed by atoms with Gasteiger partial charge in [0.25, 0.3) is 0 Å². The number of carbonyl (C=O) groups excluding carboxylic acids is 1. The van der Waals surface area contributed by atoms with Crippen LogP contribution in [0.2, 0.25) is 0 Å². The Kier molecular flexibility index (Phi) is 6.39. The number of nitrogens with zero attached hydrogens (tertiary/aromatic N) is 1. The molecule has 2 atom stereocenters. The molecule has 102 valence electrons. The highest BCUT2D eigenvalue weighted by Crippen LogP contribution is 2.16. The largest absolute Gasteiger partial charge is 0.340 e. The van der Waals surface area contributed by atoms with E-state index in [0.29, 0.717) is 19.5 Å². The average Bonchev–Trinajstić information content (AvgIpc) is 2.65. The summed E-state index contributed by atoms with van der Waals surface area (Å²) in [6.07, 6.45) is 0.480. The molecule has 1 heterocycles. The van der Waals surface area contributed by atoms with E-state index in [-0.39, 0.29) is 24.9 Å². The highest BCUT2D eigenvalue weighted by Gasteiger charge is 2.35. The average molecular weight is 286 g/mol. The van der Waals surface area contributed by atoms with Gasteiger partial charge in [0.05, 0.1) is 11.3 Å². The van der Waals surface area contributed by atoms with Gasteiger partial charge in [0.15, 0.2) is 0 Å². The van der Waals surface area contributed by atoms with Crippen molar-refractivity contribution in [2.75, 3.05) is 19.6 Å². The topological polar surface area (TPSA) is 92.5 Å². The van der Waals surface area contributed by atoms with Crippen LogP contribution in [-0.2, 0) is 14.8 Å². The minimum atomic E-state index is -3.29. The summed E-state index contributed by atoms with van der Waals surface area (Å²) in [6.45, 7) is 4.43. The van der Waals surface area contributed by atoms with Gasteiger partial charge in [-0.1, -0.05) is 6.92 Å². The van der Waals surface area contributed by atoms with Crippen LogP contribution in [0.5, 0.6) is 0 Å². The van der Waals surface area contributed by atoms with E-state index in [0.717, 1.165) is 0 Å². The van der Waals surface area contributed by atoms with Crippen LogP contribution in [0, 0.1) is 0 Å². The van der Waals surface area contributed by atoms with Gasteiger partial charge in [-0.25, -0.2) is 13.1 Å². The molecule has 0 spiro atoms. The zero-order valence-corrected chi connectivity index (χ0v) is 11.7. The first kappa shape index (κ1) is 16.6. The lowest BCUT2D eigenvalue weighted by molar-refractivity contribution is -0.131. The van der Waals surface area contributed by atoms with Crippen molar-refractivity contribution in [3.8, 4) is 0 Å². The first-order valence-corrected chi connectivity index (χ1v) is 6.96. The van der Waals surface area contributed by atoms with Crippen LogP contribution in [0.1, 0.15) is 20.3 Å². The SMILES string of the molecule is CCNS(=O)(=O)C1CCN(C(=O)[C@@H](C)N)C1.Cl. The standard InChI is InChI=1S/C9H19N3O3S.ClH/c1-3-11-16(14,15)8-4-5-12(6-8)9(13)7(2)10;/h7-8,11H,3-6,10H2,1-2H3;1H/t7-,8?;/m1./s1. The van der Waals surface area contributed by atoms with Crippen molar-refractivity contribution in [3.05, 3.63) is 0 Å². The molecule has 17 heavy (non-hydrogen) atoms. The van der Waals surface area contributed by atoms with E-state index in [1.54, 1.807) is 13.8 Å². The Bertz CT molecular complexity index is 358. The van der Waals surface area contributed by atoms with E-state index >= 15 is 0 Å². The Labute approximate surface area is 108 Å². The zero-order valence-electron chi connectivity index (χ0n) is 10.0. The molecule has 0 aliphatic carbocycles. The fourth-order valence-electron chi connectivity index (χ4n) is 1.79. The minimum absolute atomic E-state index is 0. The van der Waals surface area contributed by atoms with E-state index in [4.69, 9.17) is 5.73 Å². The highest BCUT2D eigenvalue weighted by molar-refractivity contribution is 7.90. The lowest BCUT2D eigenvalue weighted by atomic mass is 10.3. The van der Waals surface area contributed by atoms with Crippen molar-refractivity contribution in [1.82, 2.24) is 9.62 Å². The molecule has 1 aliphatic rings. The number of nitrogens with two attached hydrogens (primary N) is 1. The van der Waals surface area contributed by atoms with Crippen LogP contribution in [0.15, 0.2) is 0 Å². The molecule has 0 aromatic rings. The number of carbonyl (C=O) groups is 1. The third kappa shape index (κ3) is 4.09. The molecular weight excluding hydrogens is 266 g/mol. The summed E-state index contributed by atoms with van der Waals surface area (Å²) in [6, 6.07) is -0.569. The lowest BCUT2D eigenvalue weighted by Gasteiger charge is -2.18. The van der Waals surface area contributed by atoms with Crippen LogP contribution in [-0.4, -0.2) is 50.2 Å². The number of rotatable bonds is 4. The summed E-state index contributed by atoms with van der Waals surface area (Å²) in [5.74, 6) is -0.186. The van der Waals surface area contributed by atoms with Gasteiger partial charge in [-0.3, -0.25) is 4.79 Å². The molecule has 0 radical (unpaired) electrons. The number of halogens is 1. The Hall–Kier alpha value is -0.370. The van der Waals surface area contributed by atoms with Crippen LogP contribution in [0.3, 0.4) is 0 Å². The van der Waals surface area contributed by atoms with Crippen LogP contribution < -0.4 is 10.5 Å². The fraction of sp³-hybridized carbons (Fsp3) is 0.889. The van der Waals surface area contributed by atoms with Crippen molar-refractivity contribution < 1.29 is 13.2 Å². The normalized spacial score (nSPS) is 22.1. The molecular formula is C9H20ClN3O3S. The van der Waals surface area contributed by atoms with E-state index in [1.807, 2.05) is 0 Å². The van der Waals surface area contributed by atoms with E-state index in [2.05, 4.69) is 4.72 Å². The third-order valence-electron chi connectivity index (χ3n) is 2.63. The maximum atomic E-state index is 11.7. The maximum absolute atomic E-state index is 11.7. The first-order chi connectivity index (χ1) is 7.38. The molecule has 6 nitrogen and oxygen atoms in total. The third-order valence-corrected chi connectivity index (χ3v) is 4.58. The maximum Gasteiger partial charge on any atom is 0.239 e. The predicted octanol–water partition coefficient (Wildman–Crippen LogP) is -0.704. The van der Waals surface area contributed by atoms with Gasteiger partial charge < -0.3 is 10.6 Å². The van der Waals surface area contributed by atoms with Gasteiger partial charge in [-0.15, -0.1) is 12.4 Å². The van der Waals surface area contributed by atoms with Crippen molar-refractivity contribution in [3.63, 3.8) is 0 Å². The predicted molar refractivity (Wildman–Crippen MR) is 68.5 cm³/mol. The van der Waals surface area contributed by atoms with Gasteiger partial charge in [-0.2, -0.15) is 0 Å². The Morgan fingerprint density at radius 1 is 1.59 bits per heavy atom. The zero-order chi connectivity index (χ0) is 12.3. The van der Waals surface area contributed by atoms with Gasteiger partial charge in [0.1, 0.15) is 0 Å². The van der Waals surface area contributed by atoms with Gasteiger partial charge in [0, 0.05) is 19.6 Å². The molecule has 0 saturated carbocycles. The van der Waals surface area contributed by atoms with E-state index in [9.17, 15) is 13.2 Å². The molecule has 1 rings (SSSR count). The molecule has 1 fully saturated rings. The summed E-state index contributed by atoms with van der Waals surface area (Å²) in [5, 5.41) is -0.504. The summed E-state index contributed by atoms with van der Waals surface area (Å²) < 4.78 is 25.8. The highest BCUT2D eigenvalue weighted by atomic mass is 35.5. The lowest BCUT2D eigenvalue weighted by Crippen LogP contribution is -2.43. The van der Waals surface area contributed by atoms with Crippen molar-refractivity contribution in [2.45, 2.75) is 31.6 Å².